The SMILES string of the molecule is CC(=S)c1ccc(-c2ccc(C)cc2)cc1Cl. The first-order valence-corrected chi connectivity index (χ1v) is 6.24. The molecule has 0 atom stereocenters. The average molecular weight is 261 g/mol. The van der Waals surface area contributed by atoms with Crippen molar-refractivity contribution in [3.8, 4) is 11.1 Å². The molecular formula is C15H13ClS. The Morgan fingerprint density at radius 1 is 1.00 bits per heavy atom. The van der Waals surface area contributed by atoms with Gasteiger partial charge in [-0.05, 0) is 31.0 Å². The minimum absolute atomic E-state index is 0.718. The molecule has 0 aliphatic carbocycles. The van der Waals surface area contributed by atoms with Gasteiger partial charge in [-0.1, -0.05) is 65.8 Å². The third-order valence-corrected chi connectivity index (χ3v) is 3.27. The number of benzene rings is 2. The van der Waals surface area contributed by atoms with Crippen molar-refractivity contribution in [1.29, 1.82) is 0 Å². The smallest absolute Gasteiger partial charge is 0.0495 e. The van der Waals surface area contributed by atoms with E-state index in [1.165, 1.54) is 11.1 Å². The van der Waals surface area contributed by atoms with Crippen molar-refractivity contribution < 1.29 is 0 Å². The van der Waals surface area contributed by atoms with Crippen molar-refractivity contribution in [2.45, 2.75) is 13.8 Å². The van der Waals surface area contributed by atoms with Crippen molar-refractivity contribution in [3.63, 3.8) is 0 Å². The molecule has 0 amide bonds. The summed E-state index contributed by atoms with van der Waals surface area (Å²) in [7, 11) is 0. The molecule has 0 aromatic heterocycles. The highest BCUT2D eigenvalue weighted by Crippen LogP contribution is 2.26. The summed E-state index contributed by atoms with van der Waals surface area (Å²) in [6.07, 6.45) is 0. The fourth-order valence-electron chi connectivity index (χ4n) is 1.73. The van der Waals surface area contributed by atoms with Crippen LogP contribution in [0.5, 0.6) is 0 Å². The second-order valence-electron chi connectivity index (χ2n) is 4.12. The van der Waals surface area contributed by atoms with E-state index in [-0.39, 0.29) is 0 Å². The van der Waals surface area contributed by atoms with Crippen LogP contribution in [0.15, 0.2) is 42.5 Å². The molecule has 2 aromatic carbocycles. The Morgan fingerprint density at radius 3 is 2.12 bits per heavy atom. The lowest BCUT2D eigenvalue weighted by Gasteiger charge is -2.06. The van der Waals surface area contributed by atoms with Gasteiger partial charge in [0.2, 0.25) is 0 Å². The maximum Gasteiger partial charge on any atom is 0.0495 e. The summed E-state index contributed by atoms with van der Waals surface area (Å²) in [5.41, 5.74) is 4.49. The van der Waals surface area contributed by atoms with Gasteiger partial charge in [0.05, 0.1) is 0 Å². The van der Waals surface area contributed by atoms with E-state index in [2.05, 4.69) is 37.3 Å². The third kappa shape index (κ3) is 2.74. The standard InChI is InChI=1S/C15H13ClS/c1-10-3-5-12(6-4-10)13-7-8-14(11(2)17)15(16)9-13/h3-9H,1-2H3. The van der Waals surface area contributed by atoms with Crippen LogP contribution in [0.3, 0.4) is 0 Å². The van der Waals surface area contributed by atoms with Gasteiger partial charge in [-0.3, -0.25) is 0 Å². The van der Waals surface area contributed by atoms with E-state index in [1.807, 2.05) is 19.1 Å². The van der Waals surface area contributed by atoms with E-state index in [9.17, 15) is 0 Å². The quantitative estimate of drug-likeness (QED) is 0.538. The fraction of sp³-hybridized carbons (Fsp3) is 0.133. The molecule has 0 unspecified atom stereocenters. The van der Waals surface area contributed by atoms with Gasteiger partial charge in [-0.15, -0.1) is 0 Å². The van der Waals surface area contributed by atoms with E-state index in [1.54, 1.807) is 0 Å². The summed E-state index contributed by atoms with van der Waals surface area (Å²) in [5.74, 6) is 0. The molecule has 0 N–H and O–H groups in total. The topological polar surface area (TPSA) is 0 Å². The van der Waals surface area contributed by atoms with Crippen LogP contribution < -0.4 is 0 Å². The Hall–Kier alpha value is -1.18. The molecule has 0 fully saturated rings. The maximum absolute atomic E-state index is 6.22. The number of halogens is 1. The second-order valence-corrected chi connectivity index (χ2v) is 5.14. The van der Waals surface area contributed by atoms with Gasteiger partial charge >= 0.3 is 0 Å². The van der Waals surface area contributed by atoms with Gasteiger partial charge in [0.1, 0.15) is 0 Å². The Labute approximate surface area is 112 Å². The summed E-state index contributed by atoms with van der Waals surface area (Å²) < 4.78 is 0. The van der Waals surface area contributed by atoms with Crippen LogP contribution in [0, 0.1) is 6.92 Å². The first-order valence-electron chi connectivity index (χ1n) is 5.45. The fourth-order valence-corrected chi connectivity index (χ4v) is 2.28. The normalized spacial score (nSPS) is 10.3. The van der Waals surface area contributed by atoms with Crippen molar-refractivity contribution in [2.24, 2.45) is 0 Å². The van der Waals surface area contributed by atoms with E-state index in [4.69, 9.17) is 23.8 Å². The predicted octanol–water partition coefficient (Wildman–Crippen LogP) is 5.05. The minimum Gasteiger partial charge on any atom is -0.0845 e. The molecule has 2 aromatic rings. The number of hydrogen-bond acceptors (Lipinski definition) is 1. The van der Waals surface area contributed by atoms with Crippen LogP contribution in [-0.2, 0) is 0 Å². The van der Waals surface area contributed by atoms with Crippen LogP contribution in [0.1, 0.15) is 18.1 Å². The highest BCUT2D eigenvalue weighted by atomic mass is 35.5. The number of hydrogen-bond donors (Lipinski definition) is 0. The summed E-state index contributed by atoms with van der Waals surface area (Å²) in [6.45, 7) is 3.97. The van der Waals surface area contributed by atoms with Gasteiger partial charge < -0.3 is 0 Å². The Balaban J connectivity index is 2.44. The maximum atomic E-state index is 6.22. The summed E-state index contributed by atoms with van der Waals surface area (Å²) >= 11 is 11.4. The molecule has 0 nitrogen and oxygen atoms in total. The van der Waals surface area contributed by atoms with Gasteiger partial charge in [-0.2, -0.15) is 0 Å². The lowest BCUT2D eigenvalue weighted by atomic mass is 10.0. The summed E-state index contributed by atoms with van der Waals surface area (Å²) in [5, 5.41) is 0.718. The average Bonchev–Trinajstić information content (AvgIpc) is 2.29. The molecule has 2 heteroatoms. The first-order chi connectivity index (χ1) is 8.08. The highest BCUT2D eigenvalue weighted by molar-refractivity contribution is 7.80. The molecule has 0 heterocycles. The van der Waals surface area contributed by atoms with E-state index >= 15 is 0 Å². The van der Waals surface area contributed by atoms with Crippen LogP contribution in [0.2, 0.25) is 5.02 Å². The van der Waals surface area contributed by atoms with E-state index in [0.717, 1.165) is 21.0 Å². The van der Waals surface area contributed by atoms with Crippen LogP contribution in [0.25, 0.3) is 11.1 Å². The molecule has 0 aliphatic heterocycles. The highest BCUT2D eigenvalue weighted by Gasteiger charge is 2.04. The Morgan fingerprint density at radius 2 is 1.59 bits per heavy atom. The lowest BCUT2D eigenvalue weighted by Crippen LogP contribution is -1.91. The molecule has 0 radical (unpaired) electrons. The Bertz CT molecular complexity index is 556. The van der Waals surface area contributed by atoms with Gasteiger partial charge in [0, 0.05) is 15.5 Å². The van der Waals surface area contributed by atoms with E-state index in [0.29, 0.717) is 0 Å². The van der Waals surface area contributed by atoms with Crippen LogP contribution >= 0.6 is 23.8 Å². The Kier molecular flexibility index (Phi) is 3.60. The van der Waals surface area contributed by atoms with Crippen LogP contribution in [0.4, 0.5) is 0 Å². The third-order valence-electron chi connectivity index (χ3n) is 2.73. The van der Waals surface area contributed by atoms with Crippen molar-refractivity contribution in [3.05, 3.63) is 58.6 Å². The monoisotopic (exact) mass is 260 g/mol. The van der Waals surface area contributed by atoms with E-state index < -0.39 is 0 Å². The van der Waals surface area contributed by atoms with Gasteiger partial charge in [-0.25, -0.2) is 0 Å². The number of thiocarbonyl (C=S) groups is 1. The van der Waals surface area contributed by atoms with Gasteiger partial charge in [0.15, 0.2) is 0 Å². The molecule has 86 valence electrons. The number of aryl methyl sites for hydroxylation is 1. The zero-order valence-corrected chi connectivity index (χ0v) is 11.4. The summed E-state index contributed by atoms with van der Waals surface area (Å²) in [4.78, 5) is 0.824. The van der Waals surface area contributed by atoms with Crippen molar-refractivity contribution in [1.82, 2.24) is 0 Å². The summed E-state index contributed by atoms with van der Waals surface area (Å²) in [6, 6.07) is 14.4. The van der Waals surface area contributed by atoms with Crippen LogP contribution in [-0.4, -0.2) is 4.86 Å². The molecule has 0 spiro atoms. The number of rotatable bonds is 2. The largest absolute Gasteiger partial charge is 0.0845 e. The molecular weight excluding hydrogens is 248 g/mol. The lowest BCUT2D eigenvalue weighted by molar-refractivity contribution is 1.47. The zero-order chi connectivity index (χ0) is 12.4. The zero-order valence-electron chi connectivity index (χ0n) is 9.83. The first kappa shape index (κ1) is 12.3. The van der Waals surface area contributed by atoms with Crippen molar-refractivity contribution >= 4 is 28.7 Å². The molecule has 0 aliphatic rings. The molecule has 0 saturated heterocycles. The minimum atomic E-state index is 0.718. The molecule has 0 saturated carbocycles. The molecule has 0 bridgehead atoms. The molecule has 17 heavy (non-hydrogen) atoms. The van der Waals surface area contributed by atoms with Crippen molar-refractivity contribution in [2.75, 3.05) is 0 Å². The van der Waals surface area contributed by atoms with Gasteiger partial charge in [0.25, 0.3) is 0 Å². The second kappa shape index (κ2) is 4.99. The molecule has 2 rings (SSSR count). The predicted molar refractivity (Wildman–Crippen MR) is 79.0 cm³/mol.